The van der Waals surface area contributed by atoms with Crippen LogP contribution in [0.3, 0.4) is 0 Å². The van der Waals surface area contributed by atoms with Gasteiger partial charge in [-0.05, 0) is 110 Å². The molecule has 0 atom stereocenters. The van der Waals surface area contributed by atoms with Crippen LogP contribution in [0, 0.1) is 23.4 Å². The number of halogens is 1. The molecule has 3 heterocycles. The van der Waals surface area contributed by atoms with Gasteiger partial charge >= 0.3 is 0 Å². The van der Waals surface area contributed by atoms with Gasteiger partial charge in [0.1, 0.15) is 5.58 Å². The van der Waals surface area contributed by atoms with Crippen LogP contribution >= 0.6 is 0 Å². The van der Waals surface area contributed by atoms with Crippen LogP contribution in [-0.2, 0) is 31.9 Å². The topological polar surface area (TPSA) is 43.9 Å². The molecular weight excluding hydrogens is 1030 g/mol. The predicted octanol–water partition coefficient (Wildman–Crippen LogP) is 17.5. The minimum Gasteiger partial charge on any atom is -0.501 e. The van der Waals surface area contributed by atoms with E-state index in [1.165, 1.54) is 51.2 Å². The number of imidazole rings is 1. The monoisotopic (exact) mass is 1090 g/mol. The summed E-state index contributed by atoms with van der Waals surface area (Å²) >= 11 is 0. The molecule has 0 bridgehead atoms. The largest absolute Gasteiger partial charge is 0.501 e. The number of nitrogens with zero attached hydrogens (tertiary/aromatic N) is 3. The van der Waals surface area contributed by atoms with Crippen LogP contribution in [0.15, 0.2) is 162 Å². The molecule has 0 unspecified atom stereocenters. The number of pyridine rings is 1. The second-order valence-electron chi connectivity index (χ2n) is 20.4. The first kappa shape index (κ1) is 46.3. The summed E-state index contributed by atoms with van der Waals surface area (Å²) in [5.74, 6) is 1.03. The van der Waals surface area contributed by atoms with E-state index in [9.17, 15) is 4.39 Å². The Labute approximate surface area is 423 Å². The summed E-state index contributed by atoms with van der Waals surface area (Å²) in [5.41, 5.74) is 15.8. The summed E-state index contributed by atoms with van der Waals surface area (Å²) in [5, 5.41) is 2.15. The molecule has 0 N–H and O–H groups in total. The molecule has 351 valence electrons. The number of hydrogen-bond acceptors (Lipinski definition) is 3. The number of hydrogen-bond donors (Lipinski definition) is 0. The Bertz CT molecular complexity index is 3460. The molecule has 3 aromatic heterocycles. The van der Waals surface area contributed by atoms with Crippen molar-refractivity contribution in [3.8, 4) is 50.6 Å². The summed E-state index contributed by atoms with van der Waals surface area (Å²) in [6.07, 6.45) is 0.0934. The average molecular weight is 1090 g/mol. The molecule has 1 radical (unpaired) electrons. The van der Waals surface area contributed by atoms with E-state index in [0.29, 0.717) is 16.8 Å². The van der Waals surface area contributed by atoms with Gasteiger partial charge in [0.2, 0.25) is 0 Å². The third-order valence-electron chi connectivity index (χ3n) is 12.4. The molecule has 0 aliphatic rings. The third kappa shape index (κ3) is 10.4. The van der Waals surface area contributed by atoms with Crippen LogP contribution < -0.4 is 0 Å². The fraction of sp³-hybridized carbons (Fsp3) is 0.238. The second kappa shape index (κ2) is 19.9. The van der Waals surface area contributed by atoms with Gasteiger partial charge in [-0.15, -0.1) is 48.0 Å². The maximum Gasteiger partial charge on any atom is 0.121 e. The van der Waals surface area contributed by atoms with Gasteiger partial charge in [-0.2, -0.15) is 0 Å². The first-order valence-corrected chi connectivity index (χ1v) is 23.6. The average Bonchev–Trinajstić information content (AvgIpc) is 3.92. The Morgan fingerprint density at radius 3 is 2.00 bits per heavy atom. The van der Waals surface area contributed by atoms with Crippen LogP contribution in [0.4, 0.5) is 4.39 Å². The zero-order chi connectivity index (χ0) is 49.7. The van der Waals surface area contributed by atoms with Crippen molar-refractivity contribution < 1.29 is 31.7 Å². The molecule has 10 rings (SSSR count). The Morgan fingerprint density at radius 1 is 0.681 bits per heavy atom. The van der Waals surface area contributed by atoms with E-state index in [1.807, 2.05) is 32.9 Å². The Morgan fingerprint density at radius 2 is 1.35 bits per heavy atom. The molecule has 0 amide bonds. The van der Waals surface area contributed by atoms with Crippen LogP contribution in [-0.4, -0.2) is 14.5 Å². The predicted molar refractivity (Wildman–Crippen MR) is 282 cm³/mol. The summed E-state index contributed by atoms with van der Waals surface area (Å²) in [6, 6.07) is 57.4. The van der Waals surface area contributed by atoms with Crippen molar-refractivity contribution in [1.29, 1.82) is 0 Å². The third-order valence-corrected chi connectivity index (χ3v) is 12.4. The van der Waals surface area contributed by atoms with Gasteiger partial charge in [0.25, 0.3) is 0 Å². The van der Waals surface area contributed by atoms with E-state index in [4.69, 9.17) is 12.1 Å². The van der Waals surface area contributed by atoms with E-state index < -0.39 is 11.8 Å². The minimum absolute atomic E-state index is 0. The number of fused-ring (bicyclic) bond motifs is 4. The fourth-order valence-corrected chi connectivity index (χ4v) is 8.94. The second-order valence-corrected chi connectivity index (χ2v) is 20.4. The van der Waals surface area contributed by atoms with Gasteiger partial charge in [0.15, 0.2) is 0 Å². The zero-order valence-corrected chi connectivity index (χ0v) is 43.5. The van der Waals surface area contributed by atoms with Crippen molar-refractivity contribution in [1.82, 2.24) is 14.5 Å². The first-order valence-electron chi connectivity index (χ1n) is 24.6. The van der Waals surface area contributed by atoms with E-state index >= 15 is 0 Å². The molecule has 69 heavy (non-hydrogen) atoms. The SMILES string of the molecule is CC(C)c1cc(-c2ccc(C(C)(C)C)cc2)cc(C(C)C)c1-n1c(-c2[c-]ccc3c2oc2cc(-c4ccccc4)ccc23)nc2ccccc21.[2H]C([2H])(c1ccnc(-c2[c-]cc(F)cc2)c1)C(C)(C)C.[Ir]. The summed E-state index contributed by atoms with van der Waals surface area (Å²) in [6.45, 7) is 21.6. The van der Waals surface area contributed by atoms with Crippen molar-refractivity contribution in [2.24, 2.45) is 5.41 Å². The zero-order valence-electron chi connectivity index (χ0n) is 43.1. The molecule has 0 aliphatic carbocycles. The molecule has 7 aromatic carbocycles. The Kier molecular flexibility index (Phi) is 13.3. The van der Waals surface area contributed by atoms with Crippen molar-refractivity contribution in [2.45, 2.75) is 92.9 Å². The normalized spacial score (nSPS) is 12.5. The summed E-state index contributed by atoms with van der Waals surface area (Å²) in [4.78, 5) is 9.55. The molecule has 4 nitrogen and oxygen atoms in total. The first-order chi connectivity index (χ1) is 33.3. The molecule has 10 aromatic rings. The Hall–Kier alpha value is -6.46. The number of furan rings is 1. The maximum absolute atomic E-state index is 12.9. The van der Waals surface area contributed by atoms with Gasteiger partial charge in [0, 0.05) is 45.9 Å². The molecule has 0 saturated heterocycles. The minimum atomic E-state index is -1.48. The number of aromatic nitrogens is 3. The standard InChI is InChI=1S/C47H43N2O.C16H17FN.Ir/c1-29(2)39-26-34(32-20-23-35(24-21-32)47(5,6)7)27-40(30(3)4)44(39)49-42-19-12-11-18-41(42)48-46(49)38-17-13-16-37-36-25-22-33(28-43(36)50-45(37)38)31-14-9-8-10-15-31;1-16(2,3)11-12-8-9-18-15(10-12)13-4-6-14(17)7-5-13;/h8-16,18-30H,1-7H3;4,6-10H,11H2,1-3H3;/q2*-1;/i;11D2;. The fourth-order valence-electron chi connectivity index (χ4n) is 8.94. The van der Waals surface area contributed by atoms with Crippen LogP contribution in [0.25, 0.3) is 83.6 Å². The van der Waals surface area contributed by atoms with E-state index in [2.05, 4.69) is 179 Å². The van der Waals surface area contributed by atoms with Crippen molar-refractivity contribution in [2.75, 3.05) is 0 Å². The van der Waals surface area contributed by atoms with Crippen LogP contribution in [0.1, 0.15) is 106 Å². The van der Waals surface area contributed by atoms with Gasteiger partial charge in [-0.1, -0.05) is 171 Å². The van der Waals surface area contributed by atoms with E-state index in [-0.39, 0.29) is 43.2 Å². The summed E-state index contributed by atoms with van der Waals surface area (Å²) < 4.78 is 38.6. The van der Waals surface area contributed by atoms with Crippen LogP contribution in [0.5, 0.6) is 0 Å². The van der Waals surface area contributed by atoms with Gasteiger partial charge < -0.3 is 14.0 Å². The summed E-state index contributed by atoms with van der Waals surface area (Å²) in [7, 11) is 0. The maximum atomic E-state index is 12.9. The smallest absolute Gasteiger partial charge is 0.121 e. The number of benzene rings is 7. The van der Waals surface area contributed by atoms with Crippen molar-refractivity contribution in [3.63, 3.8) is 0 Å². The Balaban J connectivity index is 0.000000271. The van der Waals surface area contributed by atoms with Gasteiger partial charge in [0.05, 0.1) is 22.4 Å². The molecule has 6 heteroatoms. The molecular formula is C63H60FIrN3O-2. The van der Waals surface area contributed by atoms with Gasteiger partial charge in [-0.25, -0.2) is 0 Å². The van der Waals surface area contributed by atoms with Crippen LogP contribution in [0.2, 0.25) is 0 Å². The molecule has 0 spiro atoms. The van der Waals surface area contributed by atoms with E-state index in [1.54, 1.807) is 24.4 Å². The van der Waals surface area contributed by atoms with E-state index in [0.717, 1.165) is 49.9 Å². The molecule has 0 saturated carbocycles. The van der Waals surface area contributed by atoms with Gasteiger partial charge in [-0.3, -0.25) is 9.37 Å². The van der Waals surface area contributed by atoms with Crippen molar-refractivity contribution >= 4 is 33.0 Å². The quantitative estimate of drug-likeness (QED) is 0.142. The molecule has 0 aliphatic heterocycles. The molecule has 0 fully saturated rings. The number of rotatable bonds is 8. The number of para-hydroxylation sites is 2. The van der Waals surface area contributed by atoms with Crippen molar-refractivity contribution in [3.05, 3.63) is 198 Å².